The van der Waals surface area contributed by atoms with Gasteiger partial charge in [-0.15, -0.1) is 6.58 Å². The molecule has 0 aromatic heterocycles. The first-order chi connectivity index (χ1) is 10.0. The lowest BCUT2D eigenvalue weighted by atomic mass is 10.0. The first-order valence-electron chi connectivity index (χ1n) is 6.84. The molecule has 2 rings (SSSR count). The Morgan fingerprint density at radius 2 is 1.76 bits per heavy atom. The van der Waals surface area contributed by atoms with Gasteiger partial charge >= 0.3 is 0 Å². The lowest BCUT2D eigenvalue weighted by Crippen LogP contribution is -1.97. The van der Waals surface area contributed by atoms with Crippen molar-refractivity contribution in [2.45, 2.75) is 12.7 Å². The third-order valence-electron chi connectivity index (χ3n) is 3.43. The van der Waals surface area contributed by atoms with Gasteiger partial charge in [-0.2, -0.15) is 10.5 Å². The van der Waals surface area contributed by atoms with Crippen LogP contribution in [0.25, 0.3) is 11.1 Å². The van der Waals surface area contributed by atoms with Crippen molar-refractivity contribution >= 4 is 27.7 Å². The Balaban J connectivity index is 2.23. The molecule has 0 aliphatic carbocycles. The minimum atomic E-state index is 0.113. The third-order valence-corrected chi connectivity index (χ3v) is 4.88. The van der Waals surface area contributed by atoms with Gasteiger partial charge < -0.3 is 11.5 Å². The maximum atomic E-state index is 5.95. The minimum Gasteiger partial charge on any atom is -0.397 e. The lowest BCUT2D eigenvalue weighted by molar-refractivity contribution is 1.40. The van der Waals surface area contributed by atoms with Crippen LogP contribution < -0.4 is 11.5 Å². The Morgan fingerprint density at radius 3 is 2.33 bits per heavy atom. The molecule has 21 heavy (non-hydrogen) atoms. The average molecular weight is 298 g/mol. The Morgan fingerprint density at radius 1 is 1.10 bits per heavy atom. The van der Waals surface area contributed by atoms with Crippen molar-refractivity contribution in [2.75, 3.05) is 17.2 Å². The van der Waals surface area contributed by atoms with E-state index in [1.54, 1.807) is 0 Å². The third kappa shape index (κ3) is 3.76. The predicted molar refractivity (Wildman–Crippen MR) is 98.9 cm³/mol. The van der Waals surface area contributed by atoms with Crippen LogP contribution in [0, 0.1) is 6.92 Å². The molecule has 1 unspecified atom stereocenters. The summed E-state index contributed by atoms with van der Waals surface area (Å²) in [6.07, 6.45) is 1.93. The fraction of sp³-hybridized carbons (Fsp3) is 0.167. The monoisotopic (exact) mass is 298 g/mol. The fourth-order valence-corrected chi connectivity index (χ4v) is 3.36. The van der Waals surface area contributed by atoms with Crippen molar-refractivity contribution < 1.29 is 0 Å². The Hall–Kier alpha value is -2.00. The van der Waals surface area contributed by atoms with Gasteiger partial charge in [0, 0.05) is 11.5 Å². The van der Waals surface area contributed by atoms with E-state index in [0.717, 1.165) is 28.2 Å². The summed E-state index contributed by atoms with van der Waals surface area (Å²) >= 11 is 0. The normalized spacial score (nSPS) is 12.0. The minimum absolute atomic E-state index is 0.113. The van der Waals surface area contributed by atoms with Crippen molar-refractivity contribution in [3.05, 3.63) is 60.2 Å². The van der Waals surface area contributed by atoms with Crippen LogP contribution >= 0.6 is 10.5 Å². The molecule has 2 aromatic carbocycles. The van der Waals surface area contributed by atoms with E-state index in [1.165, 1.54) is 5.56 Å². The molecule has 0 radical (unpaired) electrons. The lowest BCUT2D eigenvalue weighted by Gasteiger charge is -2.10. The molecule has 0 saturated carbocycles. The summed E-state index contributed by atoms with van der Waals surface area (Å²) in [5, 5.41) is 0. The summed E-state index contributed by atoms with van der Waals surface area (Å²) in [7, 11) is 0.113. The predicted octanol–water partition coefficient (Wildman–Crippen LogP) is 4.21. The Kier molecular flexibility index (Phi) is 4.86. The summed E-state index contributed by atoms with van der Waals surface area (Å²) in [6, 6.07) is 12.6. The van der Waals surface area contributed by atoms with E-state index in [-0.39, 0.29) is 10.5 Å². The van der Waals surface area contributed by atoms with Crippen molar-refractivity contribution in [3.8, 4) is 11.1 Å². The molecule has 0 heterocycles. The number of anilines is 2. The number of hydrogen-bond donors (Lipinski definition) is 2. The van der Waals surface area contributed by atoms with Gasteiger partial charge in [0.1, 0.15) is 0 Å². The number of hydrogen-bond acceptors (Lipinski definition) is 2. The van der Waals surface area contributed by atoms with Crippen LogP contribution in [0.5, 0.6) is 0 Å². The smallest absolute Gasteiger partial charge is 0.0577 e. The molecule has 2 aromatic rings. The van der Waals surface area contributed by atoms with Gasteiger partial charge in [-0.3, -0.25) is 0 Å². The highest BCUT2D eigenvalue weighted by Crippen LogP contribution is 2.29. The quantitative estimate of drug-likeness (QED) is 0.493. The zero-order chi connectivity index (χ0) is 15.4. The van der Waals surface area contributed by atoms with Gasteiger partial charge in [-0.25, -0.2) is 0 Å². The standard InChI is InChI=1S/C18H22N2S/c1-4-9-21(3)12-14-5-7-15(8-6-14)16-10-13(2)18(20)17(19)11-16/h4-8,10-11H,1,3,9,12,19-20H2,2H3. The van der Waals surface area contributed by atoms with Crippen LogP contribution in [0.3, 0.4) is 0 Å². The SMILES string of the molecule is C=CCS(=C)Cc1ccc(-c2cc(C)c(N)c(N)c2)cc1. The fourth-order valence-electron chi connectivity index (χ4n) is 2.25. The van der Waals surface area contributed by atoms with Gasteiger partial charge in [0.25, 0.3) is 0 Å². The molecular weight excluding hydrogens is 276 g/mol. The summed E-state index contributed by atoms with van der Waals surface area (Å²) in [4.78, 5) is 0. The van der Waals surface area contributed by atoms with Crippen LogP contribution in [0.1, 0.15) is 11.1 Å². The molecule has 0 fully saturated rings. The van der Waals surface area contributed by atoms with Crippen LogP contribution in [0.4, 0.5) is 11.4 Å². The maximum Gasteiger partial charge on any atom is 0.0577 e. The first-order valence-corrected chi connectivity index (χ1v) is 8.57. The van der Waals surface area contributed by atoms with Crippen LogP contribution in [0.15, 0.2) is 49.1 Å². The molecule has 1 atom stereocenters. The van der Waals surface area contributed by atoms with Gasteiger partial charge in [0.05, 0.1) is 11.4 Å². The van der Waals surface area contributed by atoms with Gasteiger partial charge in [-0.05, 0) is 41.3 Å². The molecule has 0 bridgehead atoms. The van der Waals surface area contributed by atoms with Crippen molar-refractivity contribution in [1.82, 2.24) is 0 Å². The molecular formula is C18H22N2S. The van der Waals surface area contributed by atoms with Gasteiger partial charge in [-0.1, -0.05) is 36.2 Å². The molecule has 0 spiro atoms. The van der Waals surface area contributed by atoms with E-state index in [9.17, 15) is 0 Å². The highest BCUT2D eigenvalue weighted by molar-refractivity contribution is 8.13. The van der Waals surface area contributed by atoms with Crippen LogP contribution in [-0.4, -0.2) is 11.6 Å². The molecule has 0 aliphatic heterocycles. The van der Waals surface area contributed by atoms with Crippen molar-refractivity contribution in [1.29, 1.82) is 0 Å². The first kappa shape index (κ1) is 15.4. The largest absolute Gasteiger partial charge is 0.397 e. The molecule has 2 nitrogen and oxygen atoms in total. The molecule has 0 saturated heterocycles. The second-order valence-electron chi connectivity index (χ2n) is 5.21. The summed E-state index contributed by atoms with van der Waals surface area (Å²) in [5.41, 5.74) is 17.7. The van der Waals surface area contributed by atoms with Crippen molar-refractivity contribution in [2.24, 2.45) is 0 Å². The van der Waals surface area contributed by atoms with Crippen LogP contribution in [-0.2, 0) is 5.75 Å². The van der Waals surface area contributed by atoms with E-state index in [4.69, 9.17) is 11.5 Å². The van der Waals surface area contributed by atoms with E-state index >= 15 is 0 Å². The Bertz CT molecular complexity index is 649. The van der Waals surface area contributed by atoms with E-state index in [1.807, 2.05) is 19.1 Å². The average Bonchev–Trinajstić information content (AvgIpc) is 2.45. The second-order valence-corrected chi connectivity index (χ2v) is 7.05. The summed E-state index contributed by atoms with van der Waals surface area (Å²) in [6.45, 7) is 5.74. The maximum absolute atomic E-state index is 5.95. The zero-order valence-electron chi connectivity index (χ0n) is 12.4. The molecule has 110 valence electrons. The van der Waals surface area contributed by atoms with E-state index in [0.29, 0.717) is 11.4 Å². The topological polar surface area (TPSA) is 52.0 Å². The summed E-state index contributed by atoms with van der Waals surface area (Å²) < 4.78 is 0. The highest BCUT2D eigenvalue weighted by atomic mass is 32.2. The van der Waals surface area contributed by atoms with Crippen LogP contribution in [0.2, 0.25) is 0 Å². The highest BCUT2D eigenvalue weighted by Gasteiger charge is 2.05. The molecule has 0 amide bonds. The van der Waals surface area contributed by atoms with E-state index in [2.05, 4.69) is 42.8 Å². The van der Waals surface area contributed by atoms with Gasteiger partial charge in [0.15, 0.2) is 0 Å². The number of rotatable bonds is 5. The molecule has 3 heteroatoms. The molecule has 0 aliphatic rings. The number of benzene rings is 2. The number of nitrogen functional groups attached to an aromatic ring is 2. The van der Waals surface area contributed by atoms with E-state index < -0.39 is 0 Å². The number of nitrogens with two attached hydrogens (primary N) is 2. The number of aryl methyl sites for hydroxylation is 1. The van der Waals surface area contributed by atoms with Gasteiger partial charge in [0.2, 0.25) is 0 Å². The molecule has 4 N–H and O–H groups in total. The zero-order valence-corrected chi connectivity index (χ0v) is 13.2. The summed E-state index contributed by atoms with van der Waals surface area (Å²) in [5.74, 6) is 6.13. The second kappa shape index (κ2) is 6.64. The van der Waals surface area contributed by atoms with Crippen molar-refractivity contribution in [3.63, 3.8) is 0 Å². The Labute approximate surface area is 129 Å².